The van der Waals surface area contributed by atoms with Crippen LogP contribution in [0.3, 0.4) is 0 Å². The van der Waals surface area contributed by atoms with E-state index in [1.165, 1.54) is 0 Å². The van der Waals surface area contributed by atoms with E-state index in [4.69, 9.17) is 31.9 Å². The minimum atomic E-state index is -2.08. The molecule has 0 amide bonds. The lowest BCUT2D eigenvalue weighted by Crippen LogP contribution is -2.24. The fourth-order valence-electron chi connectivity index (χ4n) is 6.32. The maximum Gasteiger partial charge on any atom is 0.530 e. The van der Waals surface area contributed by atoms with Crippen LogP contribution >= 0.6 is 17.2 Å². The SMILES string of the molecule is CC(C)(C)Oc1cc(-c2cc(C(C)(C)C)cc(C(C)(C)C)c2OP(Oc2ccccc2)Oc2ccccc2)c(OP(Oc2ccccc2)Oc2ccccc2)c(C(C)(C)C)c1. The van der Waals surface area contributed by atoms with Crippen molar-refractivity contribution in [3.05, 3.63) is 162 Å². The van der Waals surface area contributed by atoms with E-state index in [0.717, 1.165) is 27.8 Å². The summed E-state index contributed by atoms with van der Waals surface area (Å²) >= 11 is 0. The standard InChI is InChI=1S/C52H60O7P2/c1-49(2,3)37-33-43(47(45(34-37)50(4,5)6)58-60(54-38-25-17-13-18-26-38)55-39-27-19-14-20-28-39)44-35-42(53-52(10,11)12)36-46(51(7,8)9)48(44)59-61(56-40-29-21-15-22-30-40)57-41-31-23-16-24-32-41/h13-36H,1-12H3. The molecule has 320 valence electrons. The van der Waals surface area contributed by atoms with Crippen molar-refractivity contribution in [3.8, 4) is 51.4 Å². The molecular weight excluding hydrogens is 799 g/mol. The van der Waals surface area contributed by atoms with Gasteiger partial charge in [-0.2, -0.15) is 0 Å². The van der Waals surface area contributed by atoms with Crippen molar-refractivity contribution in [1.82, 2.24) is 0 Å². The van der Waals surface area contributed by atoms with Crippen LogP contribution in [0.15, 0.2) is 146 Å². The van der Waals surface area contributed by atoms with Gasteiger partial charge >= 0.3 is 17.2 Å². The van der Waals surface area contributed by atoms with Gasteiger partial charge in [-0.25, -0.2) is 0 Å². The summed E-state index contributed by atoms with van der Waals surface area (Å²) in [5.74, 6) is 4.35. The average molecular weight is 859 g/mol. The number of hydrogen-bond donors (Lipinski definition) is 0. The Bertz CT molecular complexity index is 2240. The fraction of sp³-hybridized carbons (Fsp3) is 0.308. The first kappa shape index (κ1) is 45.3. The van der Waals surface area contributed by atoms with E-state index in [1.54, 1.807) is 0 Å². The highest BCUT2D eigenvalue weighted by Crippen LogP contribution is 2.56. The zero-order valence-electron chi connectivity index (χ0n) is 37.6. The van der Waals surface area contributed by atoms with E-state index in [-0.39, 0.29) is 5.41 Å². The minimum Gasteiger partial charge on any atom is -0.488 e. The number of ether oxygens (including phenoxy) is 1. The second kappa shape index (κ2) is 18.8. The average Bonchev–Trinajstić information content (AvgIpc) is 3.18. The van der Waals surface area contributed by atoms with E-state index in [1.807, 2.05) is 127 Å². The summed E-state index contributed by atoms with van der Waals surface area (Å²) in [5, 5.41) is 0. The Balaban J connectivity index is 1.66. The van der Waals surface area contributed by atoms with Crippen molar-refractivity contribution in [2.24, 2.45) is 0 Å². The Morgan fingerprint density at radius 1 is 0.328 bits per heavy atom. The van der Waals surface area contributed by atoms with Crippen LogP contribution in [0.5, 0.6) is 40.2 Å². The Hall–Kier alpha value is -5.22. The van der Waals surface area contributed by atoms with E-state index in [9.17, 15) is 0 Å². The monoisotopic (exact) mass is 858 g/mol. The maximum atomic E-state index is 7.22. The minimum absolute atomic E-state index is 0.244. The molecule has 0 aliphatic rings. The molecule has 6 aromatic rings. The largest absolute Gasteiger partial charge is 0.530 e. The quantitative estimate of drug-likeness (QED) is 0.101. The molecule has 0 atom stereocenters. The highest BCUT2D eigenvalue weighted by Gasteiger charge is 2.35. The van der Waals surface area contributed by atoms with Gasteiger partial charge in [0.25, 0.3) is 0 Å². The van der Waals surface area contributed by atoms with Crippen molar-refractivity contribution >= 4 is 17.2 Å². The van der Waals surface area contributed by atoms with E-state index >= 15 is 0 Å². The molecular formula is C52H60O7P2. The molecule has 0 aromatic heterocycles. The molecule has 0 saturated carbocycles. The highest BCUT2D eigenvalue weighted by molar-refractivity contribution is 7.43. The van der Waals surface area contributed by atoms with Gasteiger partial charge in [0, 0.05) is 22.3 Å². The summed E-state index contributed by atoms with van der Waals surface area (Å²) in [4.78, 5) is 0. The van der Waals surface area contributed by atoms with Gasteiger partial charge in [0.1, 0.15) is 45.8 Å². The zero-order valence-corrected chi connectivity index (χ0v) is 39.4. The molecule has 61 heavy (non-hydrogen) atoms. The van der Waals surface area contributed by atoms with Crippen LogP contribution in [0, 0.1) is 0 Å². The van der Waals surface area contributed by atoms with Gasteiger partial charge in [0.05, 0.1) is 0 Å². The lowest BCUT2D eigenvalue weighted by Gasteiger charge is -2.32. The first-order valence-electron chi connectivity index (χ1n) is 20.7. The van der Waals surface area contributed by atoms with Crippen molar-refractivity contribution in [1.29, 1.82) is 0 Å². The molecule has 0 unspecified atom stereocenters. The maximum absolute atomic E-state index is 7.22. The molecule has 6 aromatic carbocycles. The first-order chi connectivity index (χ1) is 28.7. The molecule has 0 aliphatic heterocycles. The Morgan fingerprint density at radius 2 is 0.656 bits per heavy atom. The van der Waals surface area contributed by atoms with Crippen LogP contribution in [-0.2, 0) is 16.2 Å². The van der Waals surface area contributed by atoms with Gasteiger partial charge in [-0.05, 0) is 109 Å². The Morgan fingerprint density at radius 3 is 0.967 bits per heavy atom. The van der Waals surface area contributed by atoms with E-state index < -0.39 is 33.6 Å². The second-order valence-electron chi connectivity index (χ2n) is 19.0. The molecule has 6 rings (SSSR count). The van der Waals surface area contributed by atoms with Gasteiger partial charge in [0.15, 0.2) is 0 Å². The van der Waals surface area contributed by atoms with Crippen LogP contribution in [0.25, 0.3) is 11.1 Å². The summed E-state index contributed by atoms with van der Waals surface area (Å²) in [5.41, 5.74) is 2.95. The van der Waals surface area contributed by atoms with Crippen molar-refractivity contribution in [3.63, 3.8) is 0 Å². The van der Waals surface area contributed by atoms with Gasteiger partial charge in [-0.3, -0.25) is 0 Å². The fourth-order valence-corrected chi connectivity index (χ4v) is 8.41. The summed E-state index contributed by atoms with van der Waals surface area (Å²) in [6, 6.07) is 47.0. The van der Waals surface area contributed by atoms with Crippen molar-refractivity contribution in [2.45, 2.75) is 105 Å². The number of hydrogen-bond acceptors (Lipinski definition) is 7. The molecule has 0 aliphatic carbocycles. The Labute approximate surface area is 366 Å². The second-order valence-corrected chi connectivity index (χ2v) is 20.9. The van der Waals surface area contributed by atoms with Crippen LogP contribution < -0.4 is 31.9 Å². The lowest BCUT2D eigenvalue weighted by molar-refractivity contribution is 0.130. The van der Waals surface area contributed by atoms with Crippen LogP contribution in [0.1, 0.15) is 99.8 Å². The normalized spacial score (nSPS) is 12.2. The molecule has 0 saturated heterocycles. The third-order valence-electron chi connectivity index (χ3n) is 9.37. The molecule has 0 heterocycles. The molecule has 0 spiro atoms. The third-order valence-corrected chi connectivity index (χ3v) is 11.5. The lowest BCUT2D eigenvalue weighted by atomic mass is 9.77. The molecule has 0 bridgehead atoms. The topological polar surface area (TPSA) is 64.6 Å². The molecule has 0 fully saturated rings. The van der Waals surface area contributed by atoms with Crippen molar-refractivity contribution in [2.75, 3.05) is 0 Å². The Kier molecular flexibility index (Phi) is 14.0. The smallest absolute Gasteiger partial charge is 0.488 e. The summed E-state index contributed by atoms with van der Waals surface area (Å²) in [6.45, 7) is 25.9. The molecule has 9 heteroatoms. The van der Waals surface area contributed by atoms with E-state index in [2.05, 4.69) is 101 Å². The van der Waals surface area contributed by atoms with Gasteiger partial charge in [0.2, 0.25) is 0 Å². The molecule has 0 N–H and O–H groups in total. The van der Waals surface area contributed by atoms with Crippen LogP contribution in [-0.4, -0.2) is 5.60 Å². The predicted octanol–water partition coefficient (Wildman–Crippen LogP) is 16.0. The number of rotatable bonds is 14. The highest BCUT2D eigenvalue weighted by atomic mass is 31.2. The predicted molar refractivity (Wildman–Crippen MR) is 252 cm³/mol. The van der Waals surface area contributed by atoms with Gasteiger partial charge in [-0.15, -0.1) is 0 Å². The number of para-hydroxylation sites is 4. The number of benzene rings is 6. The first-order valence-corrected chi connectivity index (χ1v) is 22.9. The summed E-state index contributed by atoms with van der Waals surface area (Å²) in [7, 11) is -4.14. The molecule has 7 nitrogen and oxygen atoms in total. The van der Waals surface area contributed by atoms with Crippen LogP contribution in [0.4, 0.5) is 0 Å². The van der Waals surface area contributed by atoms with E-state index in [0.29, 0.717) is 40.2 Å². The third kappa shape index (κ3) is 12.7. The molecule has 0 radical (unpaired) electrons. The van der Waals surface area contributed by atoms with Crippen LogP contribution in [0.2, 0.25) is 0 Å². The zero-order chi connectivity index (χ0) is 44.0. The summed E-state index contributed by atoms with van der Waals surface area (Å²) < 4.78 is 47.5. The van der Waals surface area contributed by atoms with Gasteiger partial charge in [-0.1, -0.05) is 141 Å². The van der Waals surface area contributed by atoms with Gasteiger partial charge < -0.3 is 31.9 Å². The van der Waals surface area contributed by atoms with Crippen molar-refractivity contribution < 1.29 is 31.9 Å². The summed E-state index contributed by atoms with van der Waals surface area (Å²) in [6.07, 6.45) is 0.